The molecule has 0 bridgehead atoms. The summed E-state index contributed by atoms with van der Waals surface area (Å²) >= 11 is 0. The molecule has 1 aliphatic heterocycles. The Bertz CT molecular complexity index is 1170. The maximum atomic E-state index is 13.9. The Morgan fingerprint density at radius 2 is 1.78 bits per heavy atom. The first kappa shape index (κ1) is 23.5. The van der Waals surface area contributed by atoms with Gasteiger partial charge in [0.1, 0.15) is 17.2 Å². The van der Waals surface area contributed by atoms with Crippen LogP contribution in [-0.4, -0.2) is 51.4 Å². The number of halogens is 2. The van der Waals surface area contributed by atoms with Crippen molar-refractivity contribution in [1.82, 2.24) is 9.62 Å². The Kier molecular flexibility index (Phi) is 6.40. The number of carbonyl (C=O) groups is 2. The highest BCUT2D eigenvalue weighted by atomic mass is 32.2. The summed E-state index contributed by atoms with van der Waals surface area (Å²) in [5.41, 5.74) is -1.60. The molecule has 32 heavy (non-hydrogen) atoms. The van der Waals surface area contributed by atoms with Crippen molar-refractivity contribution in [3.8, 4) is 11.5 Å². The molecule has 1 heterocycles. The fourth-order valence-corrected chi connectivity index (χ4v) is 4.50. The van der Waals surface area contributed by atoms with Crippen molar-refractivity contribution >= 4 is 21.8 Å². The number of carbonyl (C=O) groups excluding carboxylic acids is 2. The lowest BCUT2D eigenvalue weighted by Gasteiger charge is -2.49. The van der Waals surface area contributed by atoms with Crippen LogP contribution in [-0.2, 0) is 26.0 Å². The van der Waals surface area contributed by atoms with Gasteiger partial charge in [0.2, 0.25) is 5.91 Å². The average molecular weight is 468 g/mol. The summed E-state index contributed by atoms with van der Waals surface area (Å²) in [4.78, 5) is 26.4. The number of benzene rings is 2. The van der Waals surface area contributed by atoms with Crippen LogP contribution in [0.1, 0.15) is 18.9 Å². The lowest BCUT2D eigenvalue weighted by atomic mass is 9.85. The molecule has 0 spiro atoms. The summed E-state index contributed by atoms with van der Waals surface area (Å²) in [6.45, 7) is 1.59. The van der Waals surface area contributed by atoms with Gasteiger partial charge in [-0.3, -0.25) is 9.59 Å². The Labute approximate surface area is 184 Å². The molecule has 0 radical (unpaired) electrons. The molecule has 1 N–H and O–H groups in total. The van der Waals surface area contributed by atoms with Gasteiger partial charge in [0.15, 0.2) is 11.5 Å². The first-order valence-corrected chi connectivity index (χ1v) is 11.0. The van der Waals surface area contributed by atoms with E-state index in [9.17, 15) is 26.8 Å². The van der Waals surface area contributed by atoms with Crippen LogP contribution in [0.15, 0.2) is 41.3 Å². The first-order valence-electron chi connectivity index (χ1n) is 9.55. The number of sulfonamides is 1. The second-order valence-electron chi connectivity index (χ2n) is 7.43. The molecule has 1 saturated heterocycles. The van der Waals surface area contributed by atoms with Crippen molar-refractivity contribution in [2.75, 3.05) is 20.8 Å². The third-order valence-electron chi connectivity index (χ3n) is 5.45. The van der Waals surface area contributed by atoms with Crippen LogP contribution in [0.2, 0.25) is 0 Å². The molecule has 1 fully saturated rings. The van der Waals surface area contributed by atoms with E-state index in [1.807, 2.05) is 4.72 Å². The van der Waals surface area contributed by atoms with E-state index in [1.165, 1.54) is 39.3 Å². The Morgan fingerprint density at radius 1 is 1.09 bits per heavy atom. The van der Waals surface area contributed by atoms with Gasteiger partial charge in [0, 0.05) is 18.2 Å². The topological polar surface area (TPSA) is 102 Å². The van der Waals surface area contributed by atoms with Gasteiger partial charge in [0.05, 0.1) is 25.5 Å². The van der Waals surface area contributed by atoms with Gasteiger partial charge in [-0.25, -0.2) is 21.9 Å². The minimum atomic E-state index is -4.28. The zero-order valence-corrected chi connectivity index (χ0v) is 18.5. The van der Waals surface area contributed by atoms with E-state index in [4.69, 9.17) is 9.47 Å². The fourth-order valence-electron chi connectivity index (χ4n) is 3.41. The van der Waals surface area contributed by atoms with Crippen LogP contribution in [0.5, 0.6) is 11.5 Å². The van der Waals surface area contributed by atoms with Crippen LogP contribution in [0.3, 0.4) is 0 Å². The third-order valence-corrected chi connectivity index (χ3v) is 6.78. The minimum absolute atomic E-state index is 0.150. The summed E-state index contributed by atoms with van der Waals surface area (Å²) in [5.74, 6) is -2.51. The van der Waals surface area contributed by atoms with E-state index in [0.29, 0.717) is 5.75 Å². The van der Waals surface area contributed by atoms with Gasteiger partial charge < -0.3 is 14.4 Å². The van der Waals surface area contributed by atoms with Crippen LogP contribution in [0.25, 0.3) is 0 Å². The number of likely N-dealkylation sites (tertiary alicyclic amines) is 1. The summed E-state index contributed by atoms with van der Waals surface area (Å²) in [6, 6.07) is 6.58. The molecular formula is C21H22F2N2O6S. The molecule has 1 atom stereocenters. The molecule has 1 unspecified atom stereocenters. The Balaban J connectivity index is 1.76. The largest absolute Gasteiger partial charge is 0.493 e. The molecule has 11 heteroatoms. The zero-order valence-electron chi connectivity index (χ0n) is 17.6. The number of methoxy groups -OCH3 is 2. The highest BCUT2D eigenvalue weighted by Crippen LogP contribution is 2.33. The Morgan fingerprint density at radius 3 is 2.38 bits per heavy atom. The van der Waals surface area contributed by atoms with Gasteiger partial charge in [0.25, 0.3) is 15.9 Å². The number of hydrogen-bond donors (Lipinski definition) is 1. The van der Waals surface area contributed by atoms with Crippen LogP contribution in [0, 0.1) is 11.6 Å². The number of nitrogens with zero attached hydrogens (tertiary/aromatic N) is 1. The first-order chi connectivity index (χ1) is 15.0. The van der Waals surface area contributed by atoms with Crippen molar-refractivity contribution in [2.24, 2.45) is 0 Å². The quantitative estimate of drug-likeness (QED) is 0.667. The molecule has 172 valence electrons. The molecule has 0 aromatic heterocycles. The highest BCUT2D eigenvalue weighted by molar-refractivity contribution is 7.90. The SMILES string of the molecule is COc1ccc(S(=O)(=O)NC(=O)C2(C)CCN2C(=O)Cc2cc(F)ccc2F)cc1OC. The summed E-state index contributed by atoms with van der Waals surface area (Å²) in [7, 11) is -1.54. The van der Waals surface area contributed by atoms with E-state index in [1.54, 1.807) is 0 Å². The van der Waals surface area contributed by atoms with Gasteiger partial charge in [-0.05, 0) is 43.7 Å². The molecule has 2 aromatic carbocycles. The lowest BCUT2D eigenvalue weighted by Crippen LogP contribution is -2.68. The van der Waals surface area contributed by atoms with Gasteiger partial charge in [-0.15, -0.1) is 0 Å². The fraction of sp³-hybridized carbons (Fsp3) is 0.333. The summed E-state index contributed by atoms with van der Waals surface area (Å²) < 4.78 is 64.8. The molecule has 3 rings (SSSR count). The third kappa shape index (κ3) is 4.38. The highest BCUT2D eigenvalue weighted by Gasteiger charge is 2.50. The summed E-state index contributed by atoms with van der Waals surface area (Å²) in [6.07, 6.45) is -0.257. The lowest BCUT2D eigenvalue weighted by molar-refractivity contribution is -0.156. The summed E-state index contributed by atoms with van der Waals surface area (Å²) in [5, 5.41) is 0. The predicted octanol–water partition coefficient (Wildman–Crippen LogP) is 2.02. The number of hydrogen-bond acceptors (Lipinski definition) is 6. The molecule has 0 saturated carbocycles. The second kappa shape index (κ2) is 8.73. The number of rotatable bonds is 7. The Hall–Kier alpha value is -3.21. The van der Waals surface area contributed by atoms with Gasteiger partial charge in [-0.1, -0.05) is 0 Å². The van der Waals surface area contributed by atoms with E-state index in [0.717, 1.165) is 23.1 Å². The molecule has 2 amide bonds. The normalized spacial score (nSPS) is 18.0. The van der Waals surface area contributed by atoms with E-state index in [2.05, 4.69) is 0 Å². The zero-order chi connectivity index (χ0) is 23.7. The molecule has 8 nitrogen and oxygen atoms in total. The molecular weight excluding hydrogens is 446 g/mol. The van der Waals surface area contributed by atoms with E-state index >= 15 is 0 Å². The van der Waals surface area contributed by atoms with Crippen molar-refractivity contribution < 1.29 is 36.3 Å². The minimum Gasteiger partial charge on any atom is -0.493 e. The average Bonchev–Trinajstić information content (AvgIpc) is 2.73. The molecule has 2 aromatic rings. The second-order valence-corrected chi connectivity index (χ2v) is 9.12. The van der Waals surface area contributed by atoms with Gasteiger partial charge >= 0.3 is 0 Å². The molecule has 1 aliphatic rings. The van der Waals surface area contributed by atoms with Crippen molar-refractivity contribution in [3.05, 3.63) is 53.6 Å². The monoisotopic (exact) mass is 468 g/mol. The predicted molar refractivity (Wildman–Crippen MR) is 110 cm³/mol. The van der Waals surface area contributed by atoms with Crippen molar-refractivity contribution in [2.45, 2.75) is 30.2 Å². The number of amides is 2. The van der Waals surface area contributed by atoms with Crippen LogP contribution >= 0.6 is 0 Å². The van der Waals surface area contributed by atoms with Crippen molar-refractivity contribution in [3.63, 3.8) is 0 Å². The smallest absolute Gasteiger partial charge is 0.264 e. The van der Waals surface area contributed by atoms with Crippen molar-refractivity contribution in [1.29, 1.82) is 0 Å². The van der Waals surface area contributed by atoms with Crippen LogP contribution in [0.4, 0.5) is 8.78 Å². The molecule has 0 aliphatic carbocycles. The van der Waals surface area contributed by atoms with Crippen LogP contribution < -0.4 is 14.2 Å². The number of ether oxygens (including phenoxy) is 2. The maximum Gasteiger partial charge on any atom is 0.264 e. The van der Waals surface area contributed by atoms with E-state index < -0.39 is 45.4 Å². The number of nitrogens with one attached hydrogen (secondary N) is 1. The van der Waals surface area contributed by atoms with Gasteiger partial charge in [-0.2, -0.15) is 0 Å². The maximum absolute atomic E-state index is 13.9. The standard InChI is InChI=1S/C21H22F2N2O6S/c1-21(8-9-25(21)19(26)11-13-10-14(22)4-6-16(13)23)20(27)24-32(28,29)15-5-7-17(30-2)18(12-15)31-3/h4-7,10,12H,8-9,11H2,1-3H3,(H,24,27). The van der Waals surface area contributed by atoms with E-state index in [-0.39, 0.29) is 29.2 Å².